The summed E-state index contributed by atoms with van der Waals surface area (Å²) in [5.41, 5.74) is 0.796. The van der Waals surface area contributed by atoms with Crippen LogP contribution in [0.2, 0.25) is 0 Å². The molecule has 0 saturated carbocycles. The number of halogens is 1. The summed E-state index contributed by atoms with van der Waals surface area (Å²) in [5.74, 6) is -1.26. The highest BCUT2D eigenvalue weighted by Crippen LogP contribution is 2.29. The lowest BCUT2D eigenvalue weighted by Crippen LogP contribution is -1.84. The van der Waals surface area contributed by atoms with Gasteiger partial charge in [0.05, 0.1) is 0 Å². The second-order valence-corrected chi connectivity index (χ2v) is 4.50. The highest BCUT2D eigenvalue weighted by molar-refractivity contribution is 7.16. The predicted octanol–water partition coefficient (Wildman–Crippen LogP) is 3.65. The summed E-state index contributed by atoms with van der Waals surface area (Å²) in [7, 11) is 0. The molecule has 1 aromatic carbocycles. The molecule has 0 amide bonds. The van der Waals surface area contributed by atoms with Crippen LogP contribution >= 0.6 is 11.3 Å². The van der Waals surface area contributed by atoms with E-state index in [1.165, 1.54) is 29.5 Å². The zero-order valence-corrected chi connectivity index (χ0v) is 9.58. The third-order valence-electron chi connectivity index (χ3n) is 2.13. The lowest BCUT2D eigenvalue weighted by molar-refractivity contribution is -0.131. The second-order valence-electron chi connectivity index (χ2n) is 3.38. The standard InChI is InChI=1S/C13H9FO2S/c14-10-3-1-2-9(8-10)12-6-4-11(17-12)5-7-13(15)16/h1-8H,(H,15,16)/b7-5+. The van der Waals surface area contributed by atoms with Crippen molar-refractivity contribution in [3.63, 3.8) is 0 Å². The highest BCUT2D eigenvalue weighted by atomic mass is 32.1. The van der Waals surface area contributed by atoms with E-state index in [0.29, 0.717) is 0 Å². The Bertz CT molecular complexity index is 572. The summed E-state index contributed by atoms with van der Waals surface area (Å²) in [6.07, 6.45) is 2.61. The molecule has 0 atom stereocenters. The minimum absolute atomic E-state index is 0.279. The van der Waals surface area contributed by atoms with Gasteiger partial charge in [-0.25, -0.2) is 9.18 Å². The van der Waals surface area contributed by atoms with Crippen molar-refractivity contribution in [1.82, 2.24) is 0 Å². The number of hydrogen-bond acceptors (Lipinski definition) is 2. The van der Waals surface area contributed by atoms with Crippen LogP contribution in [-0.4, -0.2) is 11.1 Å². The average molecular weight is 248 g/mol. The van der Waals surface area contributed by atoms with Crippen molar-refractivity contribution < 1.29 is 14.3 Å². The van der Waals surface area contributed by atoms with Crippen molar-refractivity contribution >= 4 is 23.4 Å². The maximum absolute atomic E-state index is 13.0. The number of carboxylic acids is 1. The first kappa shape index (κ1) is 11.5. The Morgan fingerprint density at radius 1 is 1.29 bits per heavy atom. The fraction of sp³-hybridized carbons (Fsp3) is 0. The first-order chi connectivity index (χ1) is 8.15. The Hall–Kier alpha value is -1.94. The Morgan fingerprint density at radius 2 is 2.12 bits per heavy atom. The summed E-state index contributed by atoms with van der Waals surface area (Å²) in [4.78, 5) is 12.1. The second kappa shape index (κ2) is 4.93. The molecule has 1 N–H and O–H groups in total. The van der Waals surface area contributed by atoms with Gasteiger partial charge in [0.25, 0.3) is 0 Å². The van der Waals surface area contributed by atoms with Crippen LogP contribution in [-0.2, 0) is 4.79 Å². The maximum Gasteiger partial charge on any atom is 0.328 e. The minimum Gasteiger partial charge on any atom is -0.478 e. The zero-order valence-electron chi connectivity index (χ0n) is 8.76. The number of hydrogen-bond donors (Lipinski definition) is 1. The molecule has 1 aromatic heterocycles. The molecule has 0 spiro atoms. The molecule has 0 aliphatic carbocycles. The maximum atomic E-state index is 13.0. The summed E-state index contributed by atoms with van der Waals surface area (Å²) >= 11 is 1.42. The van der Waals surface area contributed by atoms with Crippen LogP contribution in [0.3, 0.4) is 0 Å². The highest BCUT2D eigenvalue weighted by Gasteiger charge is 2.02. The first-order valence-electron chi connectivity index (χ1n) is 4.92. The van der Waals surface area contributed by atoms with Crippen molar-refractivity contribution in [1.29, 1.82) is 0 Å². The molecule has 17 heavy (non-hydrogen) atoms. The van der Waals surface area contributed by atoms with Gasteiger partial charge in [-0.15, -0.1) is 11.3 Å². The summed E-state index contributed by atoms with van der Waals surface area (Å²) < 4.78 is 13.0. The minimum atomic E-state index is -0.981. The predicted molar refractivity (Wildman–Crippen MR) is 66.4 cm³/mol. The first-order valence-corrected chi connectivity index (χ1v) is 5.73. The van der Waals surface area contributed by atoms with E-state index < -0.39 is 5.97 Å². The van der Waals surface area contributed by atoms with E-state index in [1.807, 2.05) is 18.2 Å². The van der Waals surface area contributed by atoms with Crippen LogP contribution in [0.25, 0.3) is 16.5 Å². The molecule has 0 aliphatic heterocycles. The zero-order chi connectivity index (χ0) is 12.3. The number of aliphatic carboxylic acids is 1. The molecule has 2 nitrogen and oxygen atoms in total. The van der Waals surface area contributed by atoms with E-state index in [-0.39, 0.29) is 5.82 Å². The number of thiophene rings is 1. The van der Waals surface area contributed by atoms with Crippen LogP contribution in [0.4, 0.5) is 4.39 Å². The molecule has 0 fully saturated rings. The van der Waals surface area contributed by atoms with Crippen molar-refractivity contribution in [2.75, 3.05) is 0 Å². The Labute approximate surface area is 102 Å². The van der Waals surface area contributed by atoms with Gasteiger partial charge in [0.15, 0.2) is 0 Å². The van der Waals surface area contributed by atoms with Gasteiger partial charge in [-0.05, 0) is 35.9 Å². The van der Waals surface area contributed by atoms with Crippen LogP contribution in [0.5, 0.6) is 0 Å². The molecule has 0 aliphatic rings. The fourth-order valence-corrected chi connectivity index (χ4v) is 2.30. The van der Waals surface area contributed by atoms with Gasteiger partial charge in [0.1, 0.15) is 5.82 Å². The average Bonchev–Trinajstić information content (AvgIpc) is 2.75. The van der Waals surface area contributed by atoms with Crippen LogP contribution < -0.4 is 0 Å². The van der Waals surface area contributed by atoms with Crippen molar-refractivity contribution in [2.45, 2.75) is 0 Å². The van der Waals surface area contributed by atoms with Crippen molar-refractivity contribution in [3.05, 3.63) is 53.2 Å². The molecule has 0 saturated heterocycles. The van der Waals surface area contributed by atoms with E-state index >= 15 is 0 Å². The molecule has 0 bridgehead atoms. The van der Waals surface area contributed by atoms with Crippen LogP contribution in [0.15, 0.2) is 42.5 Å². The molecule has 1 heterocycles. The van der Waals surface area contributed by atoms with Gasteiger partial charge in [-0.1, -0.05) is 12.1 Å². The van der Waals surface area contributed by atoms with E-state index in [4.69, 9.17) is 5.11 Å². The molecule has 2 rings (SSSR count). The van der Waals surface area contributed by atoms with Gasteiger partial charge < -0.3 is 5.11 Å². The van der Waals surface area contributed by atoms with E-state index in [0.717, 1.165) is 21.4 Å². The van der Waals surface area contributed by atoms with Crippen LogP contribution in [0, 0.1) is 5.82 Å². The van der Waals surface area contributed by atoms with E-state index in [9.17, 15) is 9.18 Å². The Balaban J connectivity index is 2.27. The lowest BCUT2D eigenvalue weighted by Gasteiger charge is -1.96. The van der Waals surface area contributed by atoms with Gasteiger partial charge in [0, 0.05) is 15.8 Å². The largest absolute Gasteiger partial charge is 0.478 e. The number of benzene rings is 1. The van der Waals surface area contributed by atoms with E-state index in [1.54, 1.807) is 6.07 Å². The fourth-order valence-electron chi connectivity index (χ4n) is 1.39. The third-order valence-corrected chi connectivity index (χ3v) is 3.23. The molecule has 2 aromatic rings. The molecule has 0 unspecified atom stereocenters. The van der Waals surface area contributed by atoms with Crippen LogP contribution in [0.1, 0.15) is 4.88 Å². The van der Waals surface area contributed by atoms with Gasteiger partial charge in [-0.2, -0.15) is 0 Å². The normalized spacial score (nSPS) is 10.9. The van der Waals surface area contributed by atoms with Gasteiger partial charge in [0.2, 0.25) is 0 Å². The van der Waals surface area contributed by atoms with Gasteiger partial charge in [-0.3, -0.25) is 0 Å². The molecular weight excluding hydrogens is 239 g/mol. The third kappa shape index (κ3) is 3.01. The lowest BCUT2D eigenvalue weighted by atomic mass is 10.2. The smallest absolute Gasteiger partial charge is 0.328 e. The van der Waals surface area contributed by atoms with Crippen molar-refractivity contribution in [3.8, 4) is 10.4 Å². The molecular formula is C13H9FO2S. The quantitative estimate of drug-likeness (QED) is 0.842. The number of carbonyl (C=O) groups is 1. The summed E-state index contributed by atoms with van der Waals surface area (Å²) in [6, 6.07) is 9.97. The molecule has 0 radical (unpaired) electrons. The monoisotopic (exact) mass is 248 g/mol. The Morgan fingerprint density at radius 3 is 2.82 bits per heavy atom. The topological polar surface area (TPSA) is 37.3 Å². The molecule has 86 valence electrons. The summed E-state index contributed by atoms with van der Waals surface area (Å²) in [5, 5.41) is 8.50. The number of rotatable bonds is 3. The SMILES string of the molecule is O=C(O)/C=C/c1ccc(-c2cccc(F)c2)s1. The number of carboxylic acid groups (broad SMARTS) is 1. The van der Waals surface area contributed by atoms with Crippen molar-refractivity contribution in [2.24, 2.45) is 0 Å². The van der Waals surface area contributed by atoms with Gasteiger partial charge >= 0.3 is 5.97 Å². The Kier molecular flexibility index (Phi) is 3.35. The molecule has 4 heteroatoms. The van der Waals surface area contributed by atoms with E-state index in [2.05, 4.69) is 0 Å². The summed E-state index contributed by atoms with van der Waals surface area (Å²) in [6.45, 7) is 0.